The van der Waals surface area contributed by atoms with Gasteiger partial charge in [-0.25, -0.2) is 4.98 Å². The Balaban J connectivity index is 2.55. The number of aryl methyl sites for hydroxylation is 1. The topological polar surface area (TPSA) is 70.3 Å². The van der Waals surface area contributed by atoms with Crippen molar-refractivity contribution in [3.8, 4) is 22.8 Å². The van der Waals surface area contributed by atoms with Crippen LogP contribution in [-0.2, 0) is 6.42 Å². The summed E-state index contributed by atoms with van der Waals surface area (Å²) >= 11 is 0. The van der Waals surface area contributed by atoms with Crippen LogP contribution in [0.4, 0.5) is 19.0 Å². The number of hydrogen-bond donors (Lipinski definition) is 1. The van der Waals surface area contributed by atoms with Crippen LogP contribution in [0.25, 0.3) is 11.3 Å². The Morgan fingerprint density at radius 2 is 2.00 bits per heavy atom. The Morgan fingerprint density at radius 3 is 2.59 bits per heavy atom. The van der Waals surface area contributed by atoms with Crippen LogP contribution in [0.3, 0.4) is 0 Å². The molecule has 0 radical (unpaired) electrons. The standard InChI is InChI=1S/C14H14F3N3O2/c1-3-10-13(19-7-12(18)20-10)9-6-8(22-14(15,16)17)4-5-11(9)21-2/h4-7H,3H2,1-2H3,(H2,18,20). The van der Waals surface area contributed by atoms with E-state index in [2.05, 4.69) is 14.7 Å². The van der Waals surface area contributed by atoms with Crippen molar-refractivity contribution in [2.24, 2.45) is 0 Å². The average molecular weight is 313 g/mol. The number of hydrogen-bond acceptors (Lipinski definition) is 5. The Kier molecular flexibility index (Phi) is 4.39. The SMILES string of the molecule is CCc1nc(N)cnc1-c1cc(OC(F)(F)F)ccc1OC. The molecule has 22 heavy (non-hydrogen) atoms. The second-order valence-corrected chi connectivity index (χ2v) is 4.35. The lowest BCUT2D eigenvalue weighted by molar-refractivity contribution is -0.274. The van der Waals surface area contributed by atoms with E-state index < -0.39 is 6.36 Å². The van der Waals surface area contributed by atoms with Crippen molar-refractivity contribution < 1.29 is 22.6 Å². The maximum Gasteiger partial charge on any atom is 0.573 e. The second-order valence-electron chi connectivity index (χ2n) is 4.35. The van der Waals surface area contributed by atoms with Gasteiger partial charge in [-0.15, -0.1) is 13.2 Å². The number of nitrogen functional groups attached to an aromatic ring is 1. The van der Waals surface area contributed by atoms with Crippen molar-refractivity contribution in [2.45, 2.75) is 19.7 Å². The molecule has 0 aliphatic heterocycles. The maximum absolute atomic E-state index is 12.4. The van der Waals surface area contributed by atoms with Gasteiger partial charge in [0.1, 0.15) is 17.3 Å². The summed E-state index contributed by atoms with van der Waals surface area (Å²) in [6, 6.07) is 3.77. The third-order valence-corrected chi connectivity index (χ3v) is 2.86. The minimum absolute atomic E-state index is 0.238. The lowest BCUT2D eigenvalue weighted by Gasteiger charge is -2.14. The molecule has 0 aliphatic carbocycles. The highest BCUT2D eigenvalue weighted by Crippen LogP contribution is 2.35. The van der Waals surface area contributed by atoms with Crippen molar-refractivity contribution in [3.05, 3.63) is 30.1 Å². The van der Waals surface area contributed by atoms with E-state index in [9.17, 15) is 13.2 Å². The van der Waals surface area contributed by atoms with Gasteiger partial charge in [0.25, 0.3) is 0 Å². The molecular formula is C14H14F3N3O2. The molecule has 2 aromatic rings. The number of nitrogens with two attached hydrogens (primary N) is 1. The zero-order valence-corrected chi connectivity index (χ0v) is 11.9. The molecule has 0 saturated carbocycles. The minimum Gasteiger partial charge on any atom is -0.496 e. The predicted octanol–water partition coefficient (Wildman–Crippen LogP) is 3.20. The molecule has 0 amide bonds. The quantitative estimate of drug-likeness (QED) is 0.938. The number of alkyl halides is 3. The van der Waals surface area contributed by atoms with E-state index in [0.29, 0.717) is 29.1 Å². The van der Waals surface area contributed by atoms with E-state index in [1.807, 2.05) is 6.92 Å². The molecule has 0 spiro atoms. The molecular weight excluding hydrogens is 299 g/mol. The molecule has 1 aromatic heterocycles. The lowest BCUT2D eigenvalue weighted by atomic mass is 10.1. The number of benzene rings is 1. The molecule has 0 atom stereocenters. The van der Waals surface area contributed by atoms with Crippen LogP contribution >= 0.6 is 0 Å². The first-order valence-electron chi connectivity index (χ1n) is 6.39. The van der Waals surface area contributed by atoms with Crippen LogP contribution in [0.5, 0.6) is 11.5 Å². The number of methoxy groups -OCH3 is 1. The van der Waals surface area contributed by atoms with Gasteiger partial charge in [0, 0.05) is 5.56 Å². The third-order valence-electron chi connectivity index (χ3n) is 2.86. The molecule has 5 nitrogen and oxygen atoms in total. The fourth-order valence-corrected chi connectivity index (χ4v) is 1.98. The highest BCUT2D eigenvalue weighted by atomic mass is 19.4. The zero-order valence-electron chi connectivity index (χ0n) is 11.9. The number of halogens is 3. The van der Waals surface area contributed by atoms with Gasteiger partial charge in [0.05, 0.1) is 24.7 Å². The van der Waals surface area contributed by atoms with Crippen LogP contribution < -0.4 is 15.2 Å². The van der Waals surface area contributed by atoms with E-state index in [4.69, 9.17) is 10.5 Å². The largest absolute Gasteiger partial charge is 0.573 e. The smallest absolute Gasteiger partial charge is 0.496 e. The predicted molar refractivity (Wildman–Crippen MR) is 74.5 cm³/mol. The normalized spacial score (nSPS) is 11.3. The summed E-state index contributed by atoms with van der Waals surface area (Å²) in [6.07, 6.45) is -2.92. The summed E-state index contributed by atoms with van der Waals surface area (Å²) in [5, 5.41) is 0. The Morgan fingerprint density at radius 1 is 1.27 bits per heavy atom. The van der Waals surface area contributed by atoms with Gasteiger partial charge in [-0.1, -0.05) is 6.92 Å². The fraction of sp³-hybridized carbons (Fsp3) is 0.286. The van der Waals surface area contributed by atoms with E-state index >= 15 is 0 Å². The Bertz CT molecular complexity index is 675. The Hall–Kier alpha value is -2.51. The molecule has 8 heteroatoms. The van der Waals surface area contributed by atoms with Crippen molar-refractivity contribution in [3.63, 3.8) is 0 Å². The van der Waals surface area contributed by atoms with Gasteiger partial charge in [0.15, 0.2) is 0 Å². The van der Waals surface area contributed by atoms with Crippen LogP contribution in [0.15, 0.2) is 24.4 Å². The first-order valence-corrected chi connectivity index (χ1v) is 6.39. The van der Waals surface area contributed by atoms with Gasteiger partial charge >= 0.3 is 6.36 Å². The second kappa shape index (κ2) is 6.08. The van der Waals surface area contributed by atoms with Crippen molar-refractivity contribution in [1.29, 1.82) is 0 Å². The molecule has 118 valence electrons. The number of anilines is 1. The lowest BCUT2D eigenvalue weighted by Crippen LogP contribution is -2.17. The number of rotatable bonds is 4. The van der Waals surface area contributed by atoms with E-state index in [0.717, 1.165) is 0 Å². The molecule has 1 aromatic carbocycles. The zero-order chi connectivity index (χ0) is 16.3. The molecule has 2 N–H and O–H groups in total. The highest BCUT2D eigenvalue weighted by Gasteiger charge is 2.31. The first-order chi connectivity index (χ1) is 10.3. The average Bonchev–Trinajstić information content (AvgIpc) is 2.45. The monoisotopic (exact) mass is 313 g/mol. The number of nitrogens with zero attached hydrogens (tertiary/aromatic N) is 2. The van der Waals surface area contributed by atoms with Crippen LogP contribution in [0.2, 0.25) is 0 Å². The third kappa shape index (κ3) is 3.57. The van der Waals surface area contributed by atoms with Gasteiger partial charge in [-0.3, -0.25) is 4.98 Å². The maximum atomic E-state index is 12.4. The summed E-state index contributed by atoms with van der Waals surface area (Å²) in [4.78, 5) is 8.31. The molecule has 0 unspecified atom stereocenters. The summed E-state index contributed by atoms with van der Waals surface area (Å²) < 4.78 is 46.2. The molecule has 0 bridgehead atoms. The van der Waals surface area contributed by atoms with Gasteiger partial charge in [-0.05, 0) is 24.6 Å². The fourth-order valence-electron chi connectivity index (χ4n) is 1.98. The first kappa shape index (κ1) is 15.9. The van der Waals surface area contributed by atoms with Crippen LogP contribution in [0.1, 0.15) is 12.6 Å². The number of ether oxygens (including phenoxy) is 2. The summed E-state index contributed by atoms with van der Waals surface area (Å²) in [7, 11) is 1.42. The summed E-state index contributed by atoms with van der Waals surface area (Å²) in [5.74, 6) is 0.245. The highest BCUT2D eigenvalue weighted by molar-refractivity contribution is 5.71. The molecule has 1 heterocycles. The van der Waals surface area contributed by atoms with Crippen molar-refractivity contribution in [2.75, 3.05) is 12.8 Å². The molecule has 0 fully saturated rings. The van der Waals surface area contributed by atoms with E-state index in [1.165, 1.54) is 31.5 Å². The van der Waals surface area contributed by atoms with E-state index in [1.54, 1.807) is 0 Å². The summed E-state index contributed by atoms with van der Waals surface area (Å²) in [5.41, 5.74) is 6.90. The van der Waals surface area contributed by atoms with Gasteiger partial charge in [-0.2, -0.15) is 0 Å². The van der Waals surface area contributed by atoms with Crippen molar-refractivity contribution in [1.82, 2.24) is 9.97 Å². The van der Waals surface area contributed by atoms with Crippen LogP contribution in [-0.4, -0.2) is 23.4 Å². The summed E-state index contributed by atoms with van der Waals surface area (Å²) in [6.45, 7) is 1.84. The number of aromatic nitrogens is 2. The van der Waals surface area contributed by atoms with Crippen molar-refractivity contribution >= 4 is 5.82 Å². The minimum atomic E-state index is -4.77. The molecule has 0 aliphatic rings. The Labute approximate surface area is 124 Å². The molecule has 0 saturated heterocycles. The van der Waals surface area contributed by atoms with Gasteiger partial charge in [0.2, 0.25) is 0 Å². The van der Waals surface area contributed by atoms with E-state index in [-0.39, 0.29) is 11.6 Å². The van der Waals surface area contributed by atoms with Crippen LogP contribution in [0, 0.1) is 0 Å². The molecule has 2 rings (SSSR count). The van der Waals surface area contributed by atoms with Gasteiger partial charge < -0.3 is 15.2 Å².